The highest BCUT2D eigenvalue weighted by Crippen LogP contribution is 2.28. The molecule has 2 aliphatic rings. The zero-order valence-electron chi connectivity index (χ0n) is 13.7. The lowest BCUT2D eigenvalue weighted by atomic mass is 10.1. The molecule has 1 aromatic heterocycles. The van der Waals surface area contributed by atoms with Gasteiger partial charge in [-0.1, -0.05) is 0 Å². The number of hydrogen-bond donors (Lipinski definition) is 1. The molecule has 7 nitrogen and oxygen atoms in total. The van der Waals surface area contributed by atoms with Gasteiger partial charge in [-0.05, 0) is 39.2 Å². The number of carbonyl (C=O) groups is 1. The number of aromatic nitrogens is 2. The summed E-state index contributed by atoms with van der Waals surface area (Å²) in [5.41, 5.74) is 2.22. The van der Waals surface area contributed by atoms with Crippen LogP contribution in [0.2, 0.25) is 0 Å². The quantitative estimate of drug-likeness (QED) is 0.647. The third kappa shape index (κ3) is 3.36. The van der Waals surface area contributed by atoms with E-state index in [2.05, 4.69) is 10.4 Å². The second-order valence-corrected chi connectivity index (χ2v) is 8.73. The molecule has 2 fully saturated rings. The smallest absolute Gasteiger partial charge is 0.262 e. The summed E-state index contributed by atoms with van der Waals surface area (Å²) < 4.78 is 25.1. The zero-order chi connectivity index (χ0) is 17.5. The third-order valence-electron chi connectivity index (χ3n) is 4.50. The summed E-state index contributed by atoms with van der Waals surface area (Å²) in [6.45, 7) is 3.64. The van der Waals surface area contributed by atoms with E-state index >= 15 is 0 Å². The normalized spacial score (nSPS) is 23.0. The topological polar surface area (TPSA) is 105 Å². The van der Waals surface area contributed by atoms with Crippen molar-refractivity contribution in [3.8, 4) is 6.07 Å². The van der Waals surface area contributed by atoms with Crippen molar-refractivity contribution in [2.75, 3.05) is 11.5 Å². The van der Waals surface area contributed by atoms with Gasteiger partial charge in [0.15, 0.2) is 9.84 Å². The maximum Gasteiger partial charge on any atom is 0.262 e. The Bertz CT molecular complexity index is 857. The van der Waals surface area contributed by atoms with Gasteiger partial charge in [-0.25, -0.2) is 8.42 Å². The van der Waals surface area contributed by atoms with Crippen LogP contribution in [0.4, 0.5) is 0 Å². The predicted molar refractivity (Wildman–Crippen MR) is 88.8 cm³/mol. The lowest BCUT2D eigenvalue weighted by Gasteiger charge is -2.11. The molecule has 2 heterocycles. The van der Waals surface area contributed by atoms with Crippen LogP contribution in [0.5, 0.6) is 0 Å². The van der Waals surface area contributed by atoms with Gasteiger partial charge in [0, 0.05) is 17.3 Å². The average Bonchev–Trinajstić information content (AvgIpc) is 3.19. The van der Waals surface area contributed by atoms with E-state index in [0.717, 1.165) is 18.5 Å². The lowest BCUT2D eigenvalue weighted by Crippen LogP contribution is -2.26. The van der Waals surface area contributed by atoms with Gasteiger partial charge in [-0.15, -0.1) is 0 Å². The van der Waals surface area contributed by atoms with Crippen molar-refractivity contribution in [3.63, 3.8) is 0 Å². The van der Waals surface area contributed by atoms with E-state index in [0.29, 0.717) is 17.7 Å². The number of aryl methyl sites for hydroxylation is 1. The standard InChI is InChI=1S/C16H20N4O3S/c1-10-15(7-12(8-17)16(21)18-13-3-4-13)11(2)20(19-10)14-5-6-24(22,23)9-14/h7,13-14H,3-6,9H2,1-2H3,(H,18,21)/b12-7+/t14-/m0/s1. The molecule has 0 bridgehead atoms. The van der Waals surface area contributed by atoms with Crippen molar-refractivity contribution in [2.45, 2.75) is 45.2 Å². The van der Waals surface area contributed by atoms with Crippen LogP contribution in [0, 0.1) is 25.2 Å². The van der Waals surface area contributed by atoms with Crippen LogP contribution in [0.25, 0.3) is 6.08 Å². The van der Waals surface area contributed by atoms with Crippen LogP contribution >= 0.6 is 0 Å². The van der Waals surface area contributed by atoms with Crippen molar-refractivity contribution < 1.29 is 13.2 Å². The molecule has 1 atom stereocenters. The van der Waals surface area contributed by atoms with E-state index in [-0.39, 0.29) is 35.1 Å². The SMILES string of the molecule is Cc1nn([C@H]2CCS(=O)(=O)C2)c(C)c1/C=C(\C#N)C(=O)NC1CC1. The Morgan fingerprint density at radius 1 is 1.38 bits per heavy atom. The zero-order valence-corrected chi connectivity index (χ0v) is 14.6. The number of amides is 1. The Hall–Kier alpha value is -2.14. The highest BCUT2D eigenvalue weighted by molar-refractivity contribution is 7.91. The number of nitrogens with zero attached hydrogens (tertiary/aromatic N) is 3. The Labute approximate surface area is 141 Å². The van der Waals surface area contributed by atoms with Crippen LogP contribution in [0.1, 0.15) is 42.3 Å². The molecule has 1 aliphatic carbocycles. The van der Waals surface area contributed by atoms with Gasteiger partial charge in [0.25, 0.3) is 5.91 Å². The number of rotatable bonds is 4. The first-order valence-electron chi connectivity index (χ1n) is 7.99. The molecule has 1 amide bonds. The number of nitrogens with one attached hydrogen (secondary N) is 1. The van der Waals surface area contributed by atoms with E-state index in [1.807, 2.05) is 13.0 Å². The van der Waals surface area contributed by atoms with Gasteiger partial charge in [0.1, 0.15) is 11.6 Å². The van der Waals surface area contributed by atoms with Gasteiger partial charge < -0.3 is 5.32 Å². The summed E-state index contributed by atoms with van der Waals surface area (Å²) in [5, 5.41) is 16.5. The minimum atomic E-state index is -3.00. The van der Waals surface area contributed by atoms with Gasteiger partial charge >= 0.3 is 0 Å². The first-order chi connectivity index (χ1) is 11.3. The van der Waals surface area contributed by atoms with Crippen LogP contribution in [-0.4, -0.2) is 41.7 Å². The molecular formula is C16H20N4O3S. The highest BCUT2D eigenvalue weighted by Gasteiger charge is 2.31. The van der Waals surface area contributed by atoms with Crippen LogP contribution in [0.3, 0.4) is 0 Å². The van der Waals surface area contributed by atoms with Gasteiger partial charge in [-0.3, -0.25) is 9.48 Å². The first kappa shape index (κ1) is 16.7. The van der Waals surface area contributed by atoms with Crippen molar-refractivity contribution in [2.24, 2.45) is 0 Å². The molecule has 0 aromatic carbocycles. The van der Waals surface area contributed by atoms with E-state index in [9.17, 15) is 18.5 Å². The second kappa shape index (κ2) is 6.06. The molecule has 1 aliphatic heterocycles. The molecule has 3 rings (SSSR count). The molecule has 24 heavy (non-hydrogen) atoms. The van der Waals surface area contributed by atoms with Crippen LogP contribution < -0.4 is 5.32 Å². The molecular weight excluding hydrogens is 328 g/mol. The number of sulfone groups is 1. The minimum Gasteiger partial charge on any atom is -0.349 e. The largest absolute Gasteiger partial charge is 0.349 e. The van der Waals surface area contributed by atoms with Gasteiger partial charge in [0.05, 0.1) is 23.2 Å². The molecule has 1 aromatic rings. The van der Waals surface area contributed by atoms with Gasteiger partial charge in [0.2, 0.25) is 0 Å². The minimum absolute atomic E-state index is 0.0479. The Morgan fingerprint density at radius 3 is 2.62 bits per heavy atom. The van der Waals surface area contributed by atoms with Crippen molar-refractivity contribution in [3.05, 3.63) is 22.5 Å². The van der Waals surface area contributed by atoms with Crippen molar-refractivity contribution in [1.82, 2.24) is 15.1 Å². The molecule has 128 valence electrons. The summed E-state index contributed by atoms with van der Waals surface area (Å²) in [6.07, 6.45) is 4.00. The molecule has 0 spiro atoms. The summed E-state index contributed by atoms with van der Waals surface area (Å²) in [4.78, 5) is 12.1. The fraction of sp³-hybridized carbons (Fsp3) is 0.562. The summed E-state index contributed by atoms with van der Waals surface area (Å²) in [6, 6.07) is 1.95. The highest BCUT2D eigenvalue weighted by atomic mass is 32.2. The molecule has 1 N–H and O–H groups in total. The van der Waals surface area contributed by atoms with Crippen LogP contribution in [-0.2, 0) is 14.6 Å². The molecule has 8 heteroatoms. The number of nitriles is 1. The summed E-state index contributed by atoms with van der Waals surface area (Å²) in [7, 11) is -3.00. The number of carbonyl (C=O) groups excluding carboxylic acids is 1. The number of hydrogen-bond acceptors (Lipinski definition) is 5. The first-order valence-corrected chi connectivity index (χ1v) is 9.81. The van der Waals surface area contributed by atoms with E-state index in [1.165, 1.54) is 0 Å². The van der Waals surface area contributed by atoms with E-state index in [1.54, 1.807) is 17.7 Å². The molecule has 0 unspecified atom stereocenters. The van der Waals surface area contributed by atoms with Gasteiger partial charge in [-0.2, -0.15) is 10.4 Å². The Balaban J connectivity index is 1.89. The monoisotopic (exact) mass is 348 g/mol. The molecule has 1 saturated carbocycles. The maximum absolute atomic E-state index is 12.1. The average molecular weight is 348 g/mol. The molecule has 0 radical (unpaired) electrons. The van der Waals surface area contributed by atoms with Crippen LogP contribution in [0.15, 0.2) is 5.57 Å². The third-order valence-corrected chi connectivity index (χ3v) is 6.25. The van der Waals surface area contributed by atoms with Crippen molar-refractivity contribution in [1.29, 1.82) is 5.26 Å². The Kier molecular flexibility index (Phi) is 4.22. The predicted octanol–water partition coefficient (Wildman–Crippen LogP) is 1.05. The fourth-order valence-corrected chi connectivity index (χ4v) is 4.68. The maximum atomic E-state index is 12.1. The van der Waals surface area contributed by atoms with Crippen molar-refractivity contribution >= 4 is 21.8 Å². The fourth-order valence-electron chi connectivity index (χ4n) is 2.99. The second-order valence-electron chi connectivity index (χ2n) is 6.50. The van der Waals surface area contributed by atoms with E-state index in [4.69, 9.17) is 0 Å². The Morgan fingerprint density at radius 2 is 2.08 bits per heavy atom. The summed E-state index contributed by atoms with van der Waals surface area (Å²) >= 11 is 0. The summed E-state index contributed by atoms with van der Waals surface area (Å²) in [5.74, 6) is -0.102. The lowest BCUT2D eigenvalue weighted by molar-refractivity contribution is -0.117. The van der Waals surface area contributed by atoms with E-state index < -0.39 is 9.84 Å². The molecule has 1 saturated heterocycles.